The molecule has 0 amide bonds. The van der Waals surface area contributed by atoms with E-state index in [2.05, 4.69) is 0 Å². The van der Waals surface area contributed by atoms with E-state index in [0.29, 0.717) is 6.61 Å². The van der Waals surface area contributed by atoms with E-state index in [1.165, 1.54) is 0 Å². The smallest absolute Gasteiger partial charge is 0.0994 e. The van der Waals surface area contributed by atoms with E-state index >= 15 is 0 Å². The summed E-state index contributed by atoms with van der Waals surface area (Å²) >= 11 is 0. The minimum absolute atomic E-state index is 0.208. The van der Waals surface area contributed by atoms with Gasteiger partial charge in [-0.15, -0.1) is 0 Å². The van der Waals surface area contributed by atoms with Crippen molar-refractivity contribution in [3.05, 3.63) is 12.2 Å². The van der Waals surface area contributed by atoms with Gasteiger partial charge in [-0.1, -0.05) is 12.2 Å². The van der Waals surface area contributed by atoms with Crippen LogP contribution in [0.1, 0.15) is 0 Å². The molecule has 8 heavy (non-hydrogen) atoms. The number of methoxy groups -OCH3 is 1. The summed E-state index contributed by atoms with van der Waals surface area (Å²) in [6.07, 6.45) is 4.23. The van der Waals surface area contributed by atoms with Gasteiger partial charge in [0.15, 0.2) is 0 Å². The summed E-state index contributed by atoms with van der Waals surface area (Å²) < 4.78 is 10.0. The Labute approximate surface area is 49.1 Å². The van der Waals surface area contributed by atoms with Crippen molar-refractivity contribution in [2.75, 3.05) is 20.3 Å². The summed E-state index contributed by atoms with van der Waals surface area (Å²) in [5.74, 6) is 0. The fraction of sp³-hybridized carbons (Fsp3) is 0.667. The Morgan fingerprint density at radius 3 is 3.25 bits per heavy atom. The fourth-order valence-electron chi connectivity index (χ4n) is 0.710. The zero-order chi connectivity index (χ0) is 5.82. The fourth-order valence-corrected chi connectivity index (χ4v) is 0.710. The third kappa shape index (κ3) is 1.32. The van der Waals surface area contributed by atoms with Crippen LogP contribution in [0.4, 0.5) is 0 Å². The summed E-state index contributed by atoms with van der Waals surface area (Å²) in [6.45, 7) is 1.42. The molecule has 1 atom stereocenters. The summed E-state index contributed by atoms with van der Waals surface area (Å²) in [5.41, 5.74) is 0. The van der Waals surface area contributed by atoms with Gasteiger partial charge in [0, 0.05) is 7.11 Å². The molecule has 0 radical (unpaired) electrons. The van der Waals surface area contributed by atoms with Crippen LogP contribution in [0.25, 0.3) is 0 Å². The molecule has 0 aliphatic carbocycles. The molecule has 0 fully saturated rings. The van der Waals surface area contributed by atoms with Gasteiger partial charge in [-0.3, -0.25) is 0 Å². The summed E-state index contributed by atoms with van der Waals surface area (Å²) in [5, 5.41) is 0. The Morgan fingerprint density at radius 1 is 1.88 bits per heavy atom. The summed E-state index contributed by atoms with van der Waals surface area (Å²) in [7, 11) is 1.68. The molecule has 0 N–H and O–H groups in total. The van der Waals surface area contributed by atoms with Crippen LogP contribution in [0.2, 0.25) is 0 Å². The van der Waals surface area contributed by atoms with E-state index in [1.807, 2.05) is 12.2 Å². The van der Waals surface area contributed by atoms with E-state index in [9.17, 15) is 0 Å². The van der Waals surface area contributed by atoms with Crippen LogP contribution in [-0.2, 0) is 9.47 Å². The predicted molar refractivity (Wildman–Crippen MR) is 30.8 cm³/mol. The van der Waals surface area contributed by atoms with Crippen LogP contribution >= 0.6 is 0 Å². The van der Waals surface area contributed by atoms with Gasteiger partial charge in [0.25, 0.3) is 0 Å². The van der Waals surface area contributed by atoms with Crippen molar-refractivity contribution in [1.29, 1.82) is 0 Å². The SMILES string of the molecule is COC[C@@H]1C=CCO1. The average molecular weight is 114 g/mol. The van der Waals surface area contributed by atoms with Gasteiger partial charge in [0.05, 0.1) is 19.3 Å². The van der Waals surface area contributed by atoms with Gasteiger partial charge in [0.1, 0.15) is 0 Å². The van der Waals surface area contributed by atoms with E-state index < -0.39 is 0 Å². The number of hydrogen-bond acceptors (Lipinski definition) is 2. The minimum Gasteiger partial charge on any atom is -0.382 e. The molecule has 0 saturated carbocycles. The minimum atomic E-state index is 0.208. The second-order valence-electron chi connectivity index (χ2n) is 1.76. The first-order valence-electron chi connectivity index (χ1n) is 2.70. The molecule has 1 rings (SSSR count). The Hall–Kier alpha value is -0.340. The van der Waals surface area contributed by atoms with Crippen LogP contribution in [0.5, 0.6) is 0 Å². The first-order chi connectivity index (χ1) is 3.93. The molecule has 0 saturated heterocycles. The van der Waals surface area contributed by atoms with Gasteiger partial charge in [-0.25, -0.2) is 0 Å². The van der Waals surface area contributed by atoms with E-state index in [-0.39, 0.29) is 6.10 Å². The predicted octanol–water partition coefficient (Wildman–Crippen LogP) is 0.588. The Kier molecular flexibility index (Phi) is 2.06. The Balaban J connectivity index is 2.16. The van der Waals surface area contributed by atoms with Crippen LogP contribution in [0.15, 0.2) is 12.2 Å². The van der Waals surface area contributed by atoms with E-state index in [0.717, 1.165) is 6.61 Å². The van der Waals surface area contributed by atoms with Gasteiger partial charge in [0.2, 0.25) is 0 Å². The van der Waals surface area contributed by atoms with Gasteiger partial charge >= 0.3 is 0 Å². The standard InChI is InChI=1S/C6H10O2/c1-7-5-6-3-2-4-8-6/h2-3,6H,4-5H2,1H3/t6-/m0/s1. The maximum Gasteiger partial charge on any atom is 0.0994 e. The zero-order valence-corrected chi connectivity index (χ0v) is 4.96. The third-order valence-electron chi connectivity index (χ3n) is 1.09. The lowest BCUT2D eigenvalue weighted by atomic mass is 10.4. The van der Waals surface area contributed by atoms with Crippen molar-refractivity contribution < 1.29 is 9.47 Å². The maximum atomic E-state index is 5.16. The number of rotatable bonds is 2. The highest BCUT2D eigenvalue weighted by Crippen LogP contribution is 2.01. The van der Waals surface area contributed by atoms with Crippen molar-refractivity contribution in [3.63, 3.8) is 0 Å². The third-order valence-corrected chi connectivity index (χ3v) is 1.09. The normalized spacial score (nSPS) is 26.9. The lowest BCUT2D eigenvalue weighted by molar-refractivity contribution is 0.0522. The molecule has 1 heterocycles. The van der Waals surface area contributed by atoms with Gasteiger partial charge in [-0.05, 0) is 0 Å². The monoisotopic (exact) mass is 114 g/mol. The summed E-state index contributed by atoms with van der Waals surface area (Å²) in [4.78, 5) is 0. The van der Waals surface area contributed by atoms with E-state index in [1.54, 1.807) is 7.11 Å². The van der Waals surface area contributed by atoms with Crippen LogP contribution in [-0.4, -0.2) is 26.4 Å². The summed E-state index contributed by atoms with van der Waals surface area (Å²) in [6, 6.07) is 0. The van der Waals surface area contributed by atoms with Crippen LogP contribution in [0, 0.1) is 0 Å². The van der Waals surface area contributed by atoms with E-state index in [4.69, 9.17) is 9.47 Å². The van der Waals surface area contributed by atoms with Crippen molar-refractivity contribution in [2.24, 2.45) is 0 Å². The average Bonchev–Trinajstić information content (AvgIpc) is 2.19. The van der Waals surface area contributed by atoms with Gasteiger partial charge in [-0.2, -0.15) is 0 Å². The molecule has 0 spiro atoms. The lowest BCUT2D eigenvalue weighted by Crippen LogP contribution is -2.11. The molecule has 46 valence electrons. The van der Waals surface area contributed by atoms with Crippen molar-refractivity contribution in [2.45, 2.75) is 6.10 Å². The number of hydrogen-bond donors (Lipinski definition) is 0. The van der Waals surface area contributed by atoms with Crippen molar-refractivity contribution in [3.8, 4) is 0 Å². The van der Waals surface area contributed by atoms with Crippen molar-refractivity contribution in [1.82, 2.24) is 0 Å². The second kappa shape index (κ2) is 2.84. The molecular formula is C6H10O2. The quantitative estimate of drug-likeness (QED) is 0.489. The first-order valence-corrected chi connectivity index (χ1v) is 2.70. The number of ether oxygens (including phenoxy) is 2. The molecule has 1 aliphatic heterocycles. The van der Waals surface area contributed by atoms with Crippen LogP contribution in [0.3, 0.4) is 0 Å². The lowest BCUT2D eigenvalue weighted by Gasteiger charge is -2.04. The molecule has 0 aromatic heterocycles. The molecule has 0 bridgehead atoms. The Morgan fingerprint density at radius 2 is 2.75 bits per heavy atom. The van der Waals surface area contributed by atoms with Crippen molar-refractivity contribution >= 4 is 0 Å². The second-order valence-corrected chi connectivity index (χ2v) is 1.76. The molecule has 1 aliphatic rings. The molecule has 2 heteroatoms. The maximum absolute atomic E-state index is 5.16. The Bertz CT molecular complexity index is 88.5. The topological polar surface area (TPSA) is 18.5 Å². The van der Waals surface area contributed by atoms with Gasteiger partial charge < -0.3 is 9.47 Å². The first kappa shape index (κ1) is 5.79. The molecule has 0 aromatic carbocycles. The molecule has 0 aromatic rings. The molecule has 0 unspecified atom stereocenters. The highest BCUT2D eigenvalue weighted by Gasteiger charge is 2.06. The zero-order valence-electron chi connectivity index (χ0n) is 4.96. The molecular weight excluding hydrogens is 104 g/mol. The highest BCUT2D eigenvalue weighted by molar-refractivity contribution is 4.95. The molecule has 2 nitrogen and oxygen atoms in total. The highest BCUT2D eigenvalue weighted by atomic mass is 16.5. The largest absolute Gasteiger partial charge is 0.382 e. The van der Waals surface area contributed by atoms with Crippen LogP contribution < -0.4 is 0 Å².